The van der Waals surface area contributed by atoms with Gasteiger partial charge < -0.3 is 5.32 Å². The van der Waals surface area contributed by atoms with Crippen LogP contribution in [0.25, 0.3) is 0 Å². The Kier molecular flexibility index (Phi) is 3.97. The second-order valence-electron chi connectivity index (χ2n) is 4.77. The van der Waals surface area contributed by atoms with E-state index >= 15 is 0 Å². The van der Waals surface area contributed by atoms with E-state index < -0.39 is 4.92 Å². The molecule has 1 aromatic carbocycles. The van der Waals surface area contributed by atoms with Gasteiger partial charge >= 0.3 is 0 Å². The van der Waals surface area contributed by atoms with Gasteiger partial charge in [0.25, 0.3) is 5.69 Å². The van der Waals surface area contributed by atoms with Crippen molar-refractivity contribution in [2.75, 3.05) is 5.32 Å². The number of halogens is 2. The lowest BCUT2D eigenvalue weighted by molar-refractivity contribution is -0.384. The molecule has 1 fully saturated rings. The van der Waals surface area contributed by atoms with Gasteiger partial charge in [-0.15, -0.1) is 0 Å². The summed E-state index contributed by atoms with van der Waals surface area (Å²) in [6.45, 7) is 2.06. The van der Waals surface area contributed by atoms with E-state index in [-0.39, 0.29) is 21.8 Å². The molecule has 6 heteroatoms. The van der Waals surface area contributed by atoms with Crippen molar-refractivity contribution in [3.63, 3.8) is 0 Å². The molecule has 1 aliphatic carbocycles. The van der Waals surface area contributed by atoms with Crippen molar-refractivity contribution in [3.8, 4) is 0 Å². The Labute approximate surface area is 115 Å². The van der Waals surface area contributed by atoms with Crippen LogP contribution in [-0.2, 0) is 0 Å². The van der Waals surface area contributed by atoms with Gasteiger partial charge in [-0.05, 0) is 19.3 Å². The highest BCUT2D eigenvalue weighted by Crippen LogP contribution is 2.37. The predicted molar refractivity (Wildman–Crippen MR) is 73.5 cm³/mol. The summed E-state index contributed by atoms with van der Waals surface area (Å²) < 4.78 is 0. The van der Waals surface area contributed by atoms with E-state index in [4.69, 9.17) is 23.2 Å². The standard InChI is InChI=1S/C12H14Cl2N2O2/c1-7(4-8-2-3-8)15-12-10(13)5-9(16(17)18)6-11(12)14/h5-8,15H,2-4H2,1H3. The van der Waals surface area contributed by atoms with Gasteiger partial charge in [0.05, 0.1) is 20.7 Å². The maximum absolute atomic E-state index is 10.7. The Morgan fingerprint density at radius 1 is 1.44 bits per heavy atom. The third kappa shape index (κ3) is 3.27. The number of nitrogens with one attached hydrogen (secondary N) is 1. The van der Waals surface area contributed by atoms with Gasteiger partial charge in [-0.2, -0.15) is 0 Å². The zero-order valence-corrected chi connectivity index (χ0v) is 11.5. The van der Waals surface area contributed by atoms with Crippen LogP contribution in [0.3, 0.4) is 0 Å². The Balaban J connectivity index is 2.13. The van der Waals surface area contributed by atoms with Crippen LogP contribution in [0.2, 0.25) is 10.0 Å². The van der Waals surface area contributed by atoms with Crippen LogP contribution in [0.15, 0.2) is 12.1 Å². The highest BCUT2D eigenvalue weighted by Gasteiger charge is 2.24. The molecule has 1 atom stereocenters. The van der Waals surface area contributed by atoms with Crippen molar-refractivity contribution in [2.24, 2.45) is 5.92 Å². The zero-order valence-electron chi connectivity index (χ0n) is 9.95. The molecule has 18 heavy (non-hydrogen) atoms. The van der Waals surface area contributed by atoms with Crippen LogP contribution < -0.4 is 5.32 Å². The number of rotatable bonds is 5. The first kappa shape index (κ1) is 13.4. The lowest BCUT2D eigenvalue weighted by atomic mass is 10.1. The van der Waals surface area contributed by atoms with E-state index in [1.807, 2.05) is 0 Å². The number of nitro groups is 1. The molecule has 0 amide bonds. The summed E-state index contributed by atoms with van der Waals surface area (Å²) in [5.41, 5.74) is 0.488. The first-order valence-electron chi connectivity index (χ1n) is 5.87. The number of hydrogen-bond donors (Lipinski definition) is 1. The van der Waals surface area contributed by atoms with E-state index in [0.29, 0.717) is 5.69 Å². The number of benzene rings is 1. The molecule has 1 saturated carbocycles. The summed E-state index contributed by atoms with van der Waals surface area (Å²) in [5.74, 6) is 0.795. The number of anilines is 1. The first-order chi connectivity index (χ1) is 8.47. The molecular weight excluding hydrogens is 275 g/mol. The molecule has 0 aliphatic heterocycles. The van der Waals surface area contributed by atoms with Crippen LogP contribution in [0, 0.1) is 16.0 Å². The highest BCUT2D eigenvalue weighted by molar-refractivity contribution is 6.39. The predicted octanol–water partition coefficient (Wildman–Crippen LogP) is 4.50. The van der Waals surface area contributed by atoms with Gasteiger partial charge in [-0.3, -0.25) is 10.1 Å². The second-order valence-corrected chi connectivity index (χ2v) is 5.58. The molecular formula is C12H14Cl2N2O2. The van der Waals surface area contributed by atoms with Crippen molar-refractivity contribution in [2.45, 2.75) is 32.2 Å². The topological polar surface area (TPSA) is 55.2 Å². The lowest BCUT2D eigenvalue weighted by Crippen LogP contribution is -2.16. The third-order valence-corrected chi connectivity index (χ3v) is 3.61. The van der Waals surface area contributed by atoms with Gasteiger partial charge in [0.2, 0.25) is 0 Å². The smallest absolute Gasteiger partial charge is 0.272 e. The van der Waals surface area contributed by atoms with Gasteiger partial charge in [-0.1, -0.05) is 36.0 Å². The maximum atomic E-state index is 10.7. The fourth-order valence-electron chi connectivity index (χ4n) is 1.96. The van der Waals surface area contributed by atoms with Crippen LogP contribution in [0.1, 0.15) is 26.2 Å². The molecule has 98 valence electrons. The van der Waals surface area contributed by atoms with E-state index in [0.717, 1.165) is 12.3 Å². The van der Waals surface area contributed by atoms with Crippen molar-refractivity contribution in [1.29, 1.82) is 0 Å². The molecule has 0 aromatic heterocycles. The summed E-state index contributed by atoms with van der Waals surface area (Å²) in [6.07, 6.45) is 3.64. The fourth-order valence-corrected chi connectivity index (χ4v) is 2.55. The summed E-state index contributed by atoms with van der Waals surface area (Å²) in [5, 5.41) is 14.5. The van der Waals surface area contributed by atoms with Crippen molar-refractivity contribution in [3.05, 3.63) is 32.3 Å². The average molecular weight is 289 g/mol. The van der Waals surface area contributed by atoms with Gasteiger partial charge in [0.1, 0.15) is 0 Å². The SMILES string of the molecule is CC(CC1CC1)Nc1c(Cl)cc([N+](=O)[O-])cc1Cl. The molecule has 0 spiro atoms. The largest absolute Gasteiger partial charge is 0.380 e. The van der Waals surface area contributed by atoms with Crippen LogP contribution in [-0.4, -0.2) is 11.0 Å². The first-order valence-corrected chi connectivity index (χ1v) is 6.63. The van der Waals surface area contributed by atoms with Crippen molar-refractivity contribution >= 4 is 34.6 Å². The molecule has 2 rings (SSSR count). The number of non-ortho nitro benzene ring substituents is 1. The summed E-state index contributed by atoms with van der Waals surface area (Å²) in [4.78, 5) is 10.2. The second kappa shape index (κ2) is 5.33. The Morgan fingerprint density at radius 3 is 2.44 bits per heavy atom. The van der Waals surface area contributed by atoms with Gasteiger partial charge in [-0.25, -0.2) is 0 Å². The van der Waals surface area contributed by atoms with Crippen LogP contribution in [0.5, 0.6) is 0 Å². The molecule has 1 aromatic rings. The summed E-state index contributed by atoms with van der Waals surface area (Å²) in [6, 6.07) is 2.90. The minimum atomic E-state index is -0.505. The number of hydrogen-bond acceptors (Lipinski definition) is 3. The normalized spacial score (nSPS) is 16.4. The summed E-state index contributed by atoms with van der Waals surface area (Å²) >= 11 is 12.0. The monoisotopic (exact) mass is 288 g/mol. The highest BCUT2D eigenvalue weighted by atomic mass is 35.5. The van der Waals surface area contributed by atoms with E-state index in [1.54, 1.807) is 0 Å². The Bertz CT molecular complexity index is 452. The van der Waals surface area contributed by atoms with E-state index in [1.165, 1.54) is 25.0 Å². The zero-order chi connectivity index (χ0) is 13.3. The van der Waals surface area contributed by atoms with Crippen LogP contribution >= 0.6 is 23.2 Å². The van der Waals surface area contributed by atoms with Crippen molar-refractivity contribution in [1.82, 2.24) is 0 Å². The van der Waals surface area contributed by atoms with Crippen LogP contribution in [0.4, 0.5) is 11.4 Å². The average Bonchev–Trinajstić information content (AvgIpc) is 3.06. The number of nitro benzene ring substituents is 1. The molecule has 1 unspecified atom stereocenters. The third-order valence-electron chi connectivity index (χ3n) is 3.01. The molecule has 1 aliphatic rings. The minimum absolute atomic E-state index is 0.0922. The Hall–Kier alpha value is -1.00. The Morgan fingerprint density at radius 2 is 2.00 bits per heavy atom. The minimum Gasteiger partial charge on any atom is -0.380 e. The quantitative estimate of drug-likeness (QED) is 0.641. The summed E-state index contributed by atoms with van der Waals surface area (Å²) in [7, 11) is 0. The number of nitrogens with zero attached hydrogens (tertiary/aromatic N) is 1. The van der Waals surface area contributed by atoms with Gasteiger partial charge in [0.15, 0.2) is 0 Å². The fraction of sp³-hybridized carbons (Fsp3) is 0.500. The molecule has 1 N–H and O–H groups in total. The van der Waals surface area contributed by atoms with E-state index in [9.17, 15) is 10.1 Å². The maximum Gasteiger partial charge on any atom is 0.272 e. The molecule has 0 bridgehead atoms. The molecule has 0 saturated heterocycles. The molecule has 4 nitrogen and oxygen atoms in total. The lowest BCUT2D eigenvalue weighted by Gasteiger charge is -2.17. The van der Waals surface area contributed by atoms with E-state index in [2.05, 4.69) is 12.2 Å². The molecule has 0 heterocycles. The van der Waals surface area contributed by atoms with Gasteiger partial charge in [0, 0.05) is 18.2 Å². The molecule has 0 radical (unpaired) electrons. The van der Waals surface area contributed by atoms with Crippen molar-refractivity contribution < 1.29 is 4.92 Å².